The maximum Gasteiger partial charge on any atom is 0.306 e. The van der Waals surface area contributed by atoms with Crippen LogP contribution in [0.5, 0.6) is 0 Å². The van der Waals surface area contributed by atoms with Gasteiger partial charge >= 0.3 is 5.97 Å². The van der Waals surface area contributed by atoms with E-state index in [0.717, 1.165) is 25.2 Å². The molecule has 5 heteroatoms. The molecule has 0 bridgehead atoms. The Balaban J connectivity index is 1.46. The monoisotopic (exact) mass is 555 g/mol. The smallest absolute Gasteiger partial charge is 0.306 e. The third-order valence-electron chi connectivity index (χ3n) is 10.2. The molecular formula is C35H57NO4. The van der Waals surface area contributed by atoms with Crippen molar-refractivity contribution in [3.63, 3.8) is 0 Å². The zero-order valence-corrected chi connectivity index (χ0v) is 26.4. The minimum Gasteiger partial charge on any atom is -0.481 e. The van der Waals surface area contributed by atoms with E-state index in [1.165, 1.54) is 62.5 Å². The number of allylic oxidation sites excluding steroid dienone is 5. The number of hydrogen-bond donors (Lipinski definition) is 2. The molecule has 3 saturated carbocycles. The van der Waals surface area contributed by atoms with Gasteiger partial charge in [-0.25, -0.2) is 0 Å². The van der Waals surface area contributed by atoms with Gasteiger partial charge in [-0.2, -0.15) is 0 Å². The largest absolute Gasteiger partial charge is 0.481 e. The lowest BCUT2D eigenvalue weighted by molar-refractivity contribution is -0.143. The van der Waals surface area contributed by atoms with Crippen molar-refractivity contribution < 1.29 is 19.4 Å². The molecule has 3 aliphatic rings. The summed E-state index contributed by atoms with van der Waals surface area (Å²) in [6.45, 7) is 17.3. The summed E-state index contributed by atoms with van der Waals surface area (Å²) in [5.41, 5.74) is 3.77. The second-order valence-electron chi connectivity index (χ2n) is 14.6. The quantitative estimate of drug-likeness (QED) is 0.239. The van der Waals surface area contributed by atoms with Crippen LogP contribution in [-0.2, 0) is 14.3 Å². The fourth-order valence-corrected chi connectivity index (χ4v) is 7.90. The van der Waals surface area contributed by atoms with E-state index in [-0.39, 0.29) is 12.3 Å². The zero-order valence-electron chi connectivity index (χ0n) is 26.4. The van der Waals surface area contributed by atoms with Gasteiger partial charge in [-0.15, -0.1) is 0 Å². The molecular weight excluding hydrogens is 498 g/mol. The van der Waals surface area contributed by atoms with Crippen molar-refractivity contribution in [1.29, 1.82) is 0 Å². The molecule has 0 heterocycles. The summed E-state index contributed by atoms with van der Waals surface area (Å²) in [4.78, 5) is 23.8. The highest BCUT2D eigenvalue weighted by atomic mass is 16.5. The fourth-order valence-electron chi connectivity index (χ4n) is 7.90. The van der Waals surface area contributed by atoms with Crippen molar-refractivity contribution in [1.82, 2.24) is 5.32 Å². The van der Waals surface area contributed by atoms with Crippen LogP contribution in [-0.4, -0.2) is 34.7 Å². The SMILES string of the molecule is C=C1CCCC/C1=C/C=C1\CCC[C@]2(C)[C@@H]([C@H](C)CCCC(=O)NC(C)(C)CCOC(C)(C)CC(=O)O)CC[C@@H]12. The molecule has 3 rings (SSSR count). The van der Waals surface area contributed by atoms with Crippen molar-refractivity contribution in [3.05, 3.63) is 35.5 Å². The standard InChI is InChI=1S/C35H57NO4/c1-25-12-8-9-14-27(25)17-18-28-15-11-21-35(7)29(19-20-30(28)35)26(2)13-10-16-31(37)36-33(3,4)22-23-40-34(5,6)24-32(38)39/h17-18,26,29-30H,1,8-16,19-24H2,2-7H3,(H,36,37)(H,38,39)/b27-17-,28-18+/t26-,29-,30+,35-/m1/s1. The highest BCUT2D eigenvalue weighted by molar-refractivity contribution is 5.76. The van der Waals surface area contributed by atoms with Crippen LogP contribution in [0.3, 0.4) is 0 Å². The van der Waals surface area contributed by atoms with Gasteiger partial charge in [0.05, 0.1) is 12.0 Å². The van der Waals surface area contributed by atoms with Gasteiger partial charge in [-0.1, -0.05) is 43.7 Å². The molecule has 4 atom stereocenters. The lowest BCUT2D eigenvalue weighted by atomic mass is 9.60. The van der Waals surface area contributed by atoms with Crippen LogP contribution in [0.25, 0.3) is 0 Å². The summed E-state index contributed by atoms with van der Waals surface area (Å²) >= 11 is 0. The Morgan fingerprint density at radius 3 is 2.55 bits per heavy atom. The van der Waals surface area contributed by atoms with Crippen molar-refractivity contribution in [3.8, 4) is 0 Å². The van der Waals surface area contributed by atoms with Gasteiger partial charge in [0, 0.05) is 18.6 Å². The van der Waals surface area contributed by atoms with Gasteiger partial charge in [0.15, 0.2) is 0 Å². The van der Waals surface area contributed by atoms with Crippen LogP contribution in [0, 0.1) is 23.2 Å². The molecule has 0 aromatic carbocycles. The summed E-state index contributed by atoms with van der Waals surface area (Å²) in [5, 5.41) is 12.2. The zero-order chi connectivity index (χ0) is 29.6. The Kier molecular flexibility index (Phi) is 11.3. The number of carbonyl (C=O) groups excluding carboxylic acids is 1. The average molecular weight is 556 g/mol. The molecule has 40 heavy (non-hydrogen) atoms. The van der Waals surface area contributed by atoms with Crippen LogP contribution in [0.2, 0.25) is 0 Å². The summed E-state index contributed by atoms with van der Waals surface area (Å²) < 4.78 is 5.80. The van der Waals surface area contributed by atoms with E-state index in [1.807, 2.05) is 13.8 Å². The molecule has 0 unspecified atom stereocenters. The van der Waals surface area contributed by atoms with Crippen LogP contribution in [0.4, 0.5) is 0 Å². The van der Waals surface area contributed by atoms with Gasteiger partial charge in [-0.05, 0) is 133 Å². The van der Waals surface area contributed by atoms with Crippen LogP contribution in [0.15, 0.2) is 35.5 Å². The predicted molar refractivity (Wildman–Crippen MR) is 164 cm³/mol. The second kappa shape index (κ2) is 13.9. The van der Waals surface area contributed by atoms with E-state index in [1.54, 1.807) is 19.4 Å². The minimum atomic E-state index is -0.867. The van der Waals surface area contributed by atoms with E-state index < -0.39 is 17.1 Å². The molecule has 3 aliphatic carbocycles. The number of carboxylic acids is 1. The molecule has 3 fully saturated rings. The van der Waals surface area contributed by atoms with Crippen LogP contribution in [0.1, 0.15) is 131 Å². The molecule has 2 N–H and O–H groups in total. The van der Waals surface area contributed by atoms with Crippen molar-refractivity contribution in [2.45, 2.75) is 143 Å². The van der Waals surface area contributed by atoms with Crippen molar-refractivity contribution in [2.24, 2.45) is 23.2 Å². The summed E-state index contributed by atoms with van der Waals surface area (Å²) in [6, 6.07) is 0. The number of carbonyl (C=O) groups is 2. The molecule has 0 saturated heterocycles. The Morgan fingerprint density at radius 1 is 1.12 bits per heavy atom. The number of ether oxygens (including phenoxy) is 1. The van der Waals surface area contributed by atoms with E-state index in [0.29, 0.717) is 36.7 Å². The minimum absolute atomic E-state index is 0.0372. The Bertz CT molecular complexity index is 974. The predicted octanol–water partition coefficient (Wildman–Crippen LogP) is 8.55. The molecule has 0 spiro atoms. The lowest BCUT2D eigenvalue weighted by Crippen LogP contribution is -2.44. The topological polar surface area (TPSA) is 75.6 Å². The first-order valence-electron chi connectivity index (χ1n) is 16.0. The number of amides is 1. The first-order chi connectivity index (χ1) is 18.7. The second-order valence-corrected chi connectivity index (χ2v) is 14.6. The highest BCUT2D eigenvalue weighted by Crippen LogP contribution is 2.60. The number of nitrogens with one attached hydrogen (secondary N) is 1. The highest BCUT2D eigenvalue weighted by Gasteiger charge is 2.50. The first-order valence-corrected chi connectivity index (χ1v) is 16.0. The number of aliphatic carboxylic acids is 1. The molecule has 0 radical (unpaired) electrons. The lowest BCUT2D eigenvalue weighted by Gasteiger charge is -2.44. The normalized spacial score (nSPS) is 28.5. The molecule has 0 aliphatic heterocycles. The molecule has 226 valence electrons. The summed E-state index contributed by atoms with van der Waals surface area (Å²) in [7, 11) is 0. The number of carboxylic acid groups (broad SMARTS) is 1. The average Bonchev–Trinajstić information content (AvgIpc) is 3.19. The van der Waals surface area contributed by atoms with E-state index >= 15 is 0 Å². The van der Waals surface area contributed by atoms with E-state index in [4.69, 9.17) is 9.84 Å². The maximum absolute atomic E-state index is 12.8. The van der Waals surface area contributed by atoms with Gasteiger partial charge in [0.1, 0.15) is 0 Å². The first kappa shape index (κ1) is 32.6. The van der Waals surface area contributed by atoms with Crippen LogP contribution < -0.4 is 5.32 Å². The summed E-state index contributed by atoms with van der Waals surface area (Å²) in [6.07, 6.45) is 19.5. The molecule has 1 amide bonds. The Labute approximate surface area is 244 Å². The van der Waals surface area contributed by atoms with Gasteiger partial charge < -0.3 is 15.2 Å². The van der Waals surface area contributed by atoms with Gasteiger partial charge in [0.2, 0.25) is 5.91 Å². The van der Waals surface area contributed by atoms with Gasteiger partial charge in [0.25, 0.3) is 0 Å². The van der Waals surface area contributed by atoms with Crippen molar-refractivity contribution >= 4 is 11.9 Å². The third-order valence-corrected chi connectivity index (χ3v) is 10.2. The van der Waals surface area contributed by atoms with Gasteiger partial charge in [-0.3, -0.25) is 9.59 Å². The van der Waals surface area contributed by atoms with E-state index in [2.05, 4.69) is 37.9 Å². The Hall–Kier alpha value is -1.88. The number of rotatable bonds is 13. The Morgan fingerprint density at radius 2 is 1.85 bits per heavy atom. The van der Waals surface area contributed by atoms with Crippen molar-refractivity contribution in [2.75, 3.05) is 6.61 Å². The fraction of sp³-hybridized carbons (Fsp3) is 0.771. The molecule has 0 aromatic heterocycles. The summed E-state index contributed by atoms with van der Waals surface area (Å²) in [5.74, 6) is 1.28. The van der Waals surface area contributed by atoms with E-state index in [9.17, 15) is 9.59 Å². The molecule has 0 aromatic rings. The molecule has 5 nitrogen and oxygen atoms in total. The number of fused-ring (bicyclic) bond motifs is 1. The number of hydrogen-bond acceptors (Lipinski definition) is 3. The van der Waals surface area contributed by atoms with Crippen LogP contribution >= 0.6 is 0 Å². The third kappa shape index (κ3) is 9.06. The maximum atomic E-state index is 12.8.